The second kappa shape index (κ2) is 20.8. The number of phenolic OH excluding ortho intramolecular Hbond substituents is 2. The van der Waals surface area contributed by atoms with Gasteiger partial charge in [-0.25, -0.2) is 0 Å². The number of aromatic hydroxyl groups is 2. The monoisotopic (exact) mass is 711 g/mol. The quantitative estimate of drug-likeness (QED) is 0.164. The van der Waals surface area contributed by atoms with Crippen LogP contribution in [-0.2, 0) is 39.2 Å². The number of hydrogen-bond acceptors (Lipinski definition) is 8. The second-order valence-corrected chi connectivity index (χ2v) is 11.7. The fourth-order valence-electron chi connectivity index (χ4n) is 5.06. The molecule has 263 valence electrons. The minimum Gasteiger partial charge on any atom is -0.550 e. The number of carbonyl (C=O) groups excluding carboxylic acids is 2. The van der Waals surface area contributed by atoms with Crippen molar-refractivity contribution in [2.24, 2.45) is 9.98 Å². The molecule has 2 atom stereocenters. The van der Waals surface area contributed by atoms with Gasteiger partial charge in [0.1, 0.15) is 11.5 Å². The number of carboxylic acid groups (broad SMARTS) is 2. The number of hydrogen-bond donors (Lipinski definition) is 2. The van der Waals surface area contributed by atoms with E-state index in [2.05, 4.69) is 77.9 Å². The standard InChI is InChI=1S/C36H42N2O2.2C2H4O2.Co/c1-7-23(5)28-17-25(9-3)35(39)30(19-28)21-37-32-15-11-13-27-14-12-16-33(34(27)32)38-22-31-20-29(24(6)8-2)18-26(10-4)36(31)40;2*1-2(3)4;/h11-24,39-40H,7-10H2,1-6H3;2*1H3,(H,3,4);/q;;;+2/p-2. The Morgan fingerprint density at radius 3 is 1.35 bits per heavy atom. The molecule has 2 N–H and O–H groups in total. The van der Waals surface area contributed by atoms with Crippen molar-refractivity contribution in [3.8, 4) is 11.5 Å². The van der Waals surface area contributed by atoms with Gasteiger partial charge in [-0.1, -0.05) is 77.9 Å². The van der Waals surface area contributed by atoms with E-state index in [4.69, 9.17) is 29.8 Å². The van der Waals surface area contributed by atoms with Crippen LogP contribution in [0.5, 0.6) is 11.5 Å². The maximum absolute atomic E-state index is 10.9. The third kappa shape index (κ3) is 12.5. The number of carbonyl (C=O) groups is 2. The van der Waals surface area contributed by atoms with Crippen LogP contribution in [0.3, 0.4) is 0 Å². The Kier molecular flexibility index (Phi) is 18.1. The number of fused-ring (bicyclic) bond motifs is 1. The van der Waals surface area contributed by atoms with Gasteiger partial charge in [0.2, 0.25) is 0 Å². The van der Waals surface area contributed by atoms with Crippen LogP contribution in [0, 0.1) is 0 Å². The first-order chi connectivity index (χ1) is 22.8. The fourth-order valence-corrected chi connectivity index (χ4v) is 5.06. The number of rotatable bonds is 10. The van der Waals surface area contributed by atoms with Crippen LogP contribution in [-0.4, -0.2) is 34.6 Å². The van der Waals surface area contributed by atoms with Crippen LogP contribution in [0.15, 0.2) is 70.6 Å². The minimum absolute atomic E-state index is 0. The van der Waals surface area contributed by atoms with Crippen molar-refractivity contribution < 1.29 is 46.8 Å². The molecular formula is C40H48CoN2O6. The van der Waals surface area contributed by atoms with E-state index >= 15 is 0 Å². The molecule has 0 saturated heterocycles. The van der Waals surface area contributed by atoms with Crippen molar-refractivity contribution >= 4 is 46.5 Å². The van der Waals surface area contributed by atoms with E-state index in [1.807, 2.05) is 24.3 Å². The van der Waals surface area contributed by atoms with Crippen molar-refractivity contribution in [3.05, 3.63) is 94.0 Å². The first-order valence-corrected chi connectivity index (χ1v) is 16.4. The molecular weight excluding hydrogens is 663 g/mol. The Hall–Kier alpha value is -4.47. The molecule has 0 aliphatic carbocycles. The number of phenols is 2. The van der Waals surface area contributed by atoms with Gasteiger partial charge in [-0.2, -0.15) is 0 Å². The molecule has 0 spiro atoms. The average Bonchev–Trinajstić information content (AvgIpc) is 3.05. The third-order valence-electron chi connectivity index (χ3n) is 8.15. The van der Waals surface area contributed by atoms with Crippen molar-refractivity contribution in [3.63, 3.8) is 0 Å². The topological polar surface area (TPSA) is 145 Å². The number of aliphatic carboxylic acids is 2. The molecule has 9 heteroatoms. The van der Waals surface area contributed by atoms with E-state index in [0.717, 1.165) is 83.9 Å². The van der Waals surface area contributed by atoms with Gasteiger partial charge in [-0.05, 0) is 103 Å². The molecule has 0 aromatic heterocycles. The SMILES string of the molecule is CC(=O)[O-].CC(=O)[O-].CCc1cc(C(C)CC)cc(C=Nc2cccc3cccc(N=Cc4cc(C(C)CC)cc(CC)c4O)c23)c1O.[Co+2]. The Labute approximate surface area is 300 Å². The smallest absolute Gasteiger partial charge is 0.550 e. The largest absolute Gasteiger partial charge is 2.00 e. The minimum atomic E-state index is -1.08. The first-order valence-electron chi connectivity index (χ1n) is 16.4. The van der Waals surface area contributed by atoms with Gasteiger partial charge in [-0.3, -0.25) is 9.98 Å². The predicted molar refractivity (Wildman–Crippen MR) is 192 cm³/mol. The van der Waals surface area contributed by atoms with Crippen molar-refractivity contribution in [1.82, 2.24) is 0 Å². The summed E-state index contributed by atoms with van der Waals surface area (Å²) < 4.78 is 0. The first kappa shape index (κ1) is 42.5. The van der Waals surface area contributed by atoms with Gasteiger partial charge in [0.15, 0.2) is 0 Å². The molecule has 4 aromatic carbocycles. The van der Waals surface area contributed by atoms with Crippen LogP contribution >= 0.6 is 0 Å². The average molecular weight is 712 g/mol. The molecule has 0 aliphatic heterocycles. The summed E-state index contributed by atoms with van der Waals surface area (Å²) in [5.41, 5.74) is 7.33. The normalized spacial score (nSPS) is 12.0. The zero-order chi connectivity index (χ0) is 36.0. The van der Waals surface area contributed by atoms with E-state index in [-0.39, 0.29) is 16.8 Å². The van der Waals surface area contributed by atoms with Crippen LogP contribution in [0.1, 0.15) is 113 Å². The Balaban J connectivity index is 0.00000120. The molecule has 49 heavy (non-hydrogen) atoms. The maximum Gasteiger partial charge on any atom is 2.00 e. The van der Waals surface area contributed by atoms with Crippen LogP contribution in [0.4, 0.5) is 11.4 Å². The number of aliphatic imine (C=N–C) groups is 2. The number of nitrogens with zero attached hydrogens (tertiary/aromatic N) is 2. The summed E-state index contributed by atoms with van der Waals surface area (Å²) >= 11 is 0. The van der Waals surface area contributed by atoms with Crippen molar-refractivity contribution in [2.75, 3.05) is 0 Å². The van der Waals surface area contributed by atoms with E-state index in [1.165, 1.54) is 11.1 Å². The number of benzene rings is 4. The fraction of sp³-hybridized carbons (Fsp3) is 0.350. The van der Waals surface area contributed by atoms with Crippen LogP contribution in [0.2, 0.25) is 0 Å². The Morgan fingerprint density at radius 2 is 1.04 bits per heavy atom. The molecule has 4 rings (SSSR count). The van der Waals surface area contributed by atoms with Crippen molar-refractivity contribution in [2.45, 2.75) is 92.9 Å². The molecule has 0 bridgehead atoms. The van der Waals surface area contributed by atoms with Gasteiger partial charge >= 0.3 is 16.8 Å². The predicted octanol–water partition coefficient (Wildman–Crippen LogP) is 7.41. The molecule has 1 radical (unpaired) electrons. The van der Waals surface area contributed by atoms with Crippen molar-refractivity contribution in [1.29, 1.82) is 0 Å². The molecule has 8 nitrogen and oxygen atoms in total. The summed E-state index contributed by atoms with van der Waals surface area (Å²) in [5.74, 6) is -0.777. The Morgan fingerprint density at radius 1 is 0.694 bits per heavy atom. The molecule has 4 aromatic rings. The van der Waals surface area contributed by atoms with Gasteiger partial charge < -0.3 is 30.0 Å². The summed E-state index contributed by atoms with van der Waals surface area (Å²) in [6.45, 7) is 14.8. The van der Waals surface area contributed by atoms with E-state index in [0.29, 0.717) is 23.3 Å². The van der Waals surface area contributed by atoms with E-state index in [1.54, 1.807) is 12.4 Å². The second-order valence-electron chi connectivity index (χ2n) is 11.7. The van der Waals surface area contributed by atoms with Gasteiger partial charge in [0.05, 0.1) is 11.4 Å². The molecule has 0 fully saturated rings. The summed E-state index contributed by atoms with van der Waals surface area (Å²) in [7, 11) is 0. The molecule has 0 aliphatic rings. The molecule has 2 unspecified atom stereocenters. The van der Waals surface area contributed by atoms with Gasteiger partial charge in [0, 0.05) is 40.9 Å². The van der Waals surface area contributed by atoms with Gasteiger partial charge in [-0.15, -0.1) is 0 Å². The molecule has 0 amide bonds. The zero-order valence-corrected chi connectivity index (χ0v) is 30.7. The molecule has 0 heterocycles. The molecule has 0 saturated carbocycles. The Bertz CT molecular complexity index is 1630. The summed E-state index contributed by atoms with van der Waals surface area (Å²) in [6.07, 6.45) is 7.12. The summed E-state index contributed by atoms with van der Waals surface area (Å²) in [4.78, 5) is 27.5. The van der Waals surface area contributed by atoms with E-state index < -0.39 is 11.9 Å². The number of aryl methyl sites for hydroxylation is 2. The zero-order valence-electron chi connectivity index (χ0n) is 29.7. The van der Waals surface area contributed by atoms with Gasteiger partial charge in [0.25, 0.3) is 0 Å². The maximum atomic E-state index is 10.9. The van der Waals surface area contributed by atoms with Crippen LogP contribution < -0.4 is 10.2 Å². The summed E-state index contributed by atoms with van der Waals surface area (Å²) in [6, 6.07) is 20.4. The third-order valence-corrected chi connectivity index (χ3v) is 8.15. The van der Waals surface area contributed by atoms with Crippen LogP contribution in [0.25, 0.3) is 10.8 Å². The van der Waals surface area contributed by atoms with E-state index in [9.17, 15) is 10.2 Å². The summed E-state index contributed by atoms with van der Waals surface area (Å²) in [5, 5.41) is 41.6. The number of carboxylic acids is 2.